The predicted molar refractivity (Wildman–Crippen MR) is 88.6 cm³/mol. The van der Waals surface area contributed by atoms with Crippen LogP contribution in [0.2, 0.25) is 0 Å². The van der Waals surface area contributed by atoms with Crippen LogP contribution in [-0.2, 0) is 15.9 Å². The van der Waals surface area contributed by atoms with Gasteiger partial charge in [0.25, 0.3) is 10.0 Å². The van der Waals surface area contributed by atoms with Gasteiger partial charge in [-0.3, -0.25) is 0 Å². The number of sulfonamides is 1. The number of rotatable bonds is 5. The monoisotopic (exact) mass is 350 g/mol. The molecule has 2 rings (SSSR count). The van der Waals surface area contributed by atoms with E-state index >= 15 is 0 Å². The molecule has 7 heteroatoms. The Labute approximate surface area is 136 Å². The minimum atomic E-state index is -3.38. The van der Waals surface area contributed by atoms with Crippen molar-refractivity contribution < 1.29 is 8.42 Å². The van der Waals surface area contributed by atoms with Crippen LogP contribution in [0.4, 0.5) is 0 Å². The van der Waals surface area contributed by atoms with Gasteiger partial charge in [0.1, 0.15) is 4.21 Å². The number of aryl methyl sites for hydroxylation is 1. The van der Waals surface area contributed by atoms with Crippen molar-refractivity contribution in [3.63, 3.8) is 0 Å². The molecular weight excluding hydrogens is 328 g/mol. The number of thiophene rings is 1. The highest BCUT2D eigenvalue weighted by Gasteiger charge is 2.27. The maximum atomic E-state index is 12.6. The molecule has 4 nitrogen and oxygen atoms in total. The van der Waals surface area contributed by atoms with Crippen molar-refractivity contribution >= 4 is 33.0 Å². The van der Waals surface area contributed by atoms with Crippen LogP contribution in [0.3, 0.4) is 0 Å². The zero-order chi connectivity index (χ0) is 15.6. The fourth-order valence-electron chi connectivity index (χ4n) is 2.61. The zero-order valence-electron chi connectivity index (χ0n) is 12.8. The van der Waals surface area contributed by atoms with E-state index in [1.807, 2.05) is 6.92 Å². The number of piperidine rings is 1. The molecule has 21 heavy (non-hydrogen) atoms. The zero-order valence-corrected chi connectivity index (χ0v) is 15.2. The molecule has 120 valence electrons. The lowest BCUT2D eigenvalue weighted by molar-refractivity contribution is 0.202. The standard InChI is InChI=1S/C14H23ClN2O2S2/c1-11-8-14(20-13(11)9-15)21(18,19)17(3)10-12-4-6-16(2)7-5-12/h8,12H,4-7,9-10H2,1-3H3. The van der Waals surface area contributed by atoms with Crippen molar-refractivity contribution in [3.05, 3.63) is 16.5 Å². The Bertz CT molecular complexity index is 578. The maximum absolute atomic E-state index is 12.6. The maximum Gasteiger partial charge on any atom is 0.252 e. The molecule has 0 aliphatic carbocycles. The van der Waals surface area contributed by atoms with Gasteiger partial charge in [-0.2, -0.15) is 4.31 Å². The number of halogens is 1. The second kappa shape index (κ2) is 6.96. The Morgan fingerprint density at radius 2 is 2.05 bits per heavy atom. The largest absolute Gasteiger partial charge is 0.306 e. The van der Waals surface area contributed by atoms with Crippen LogP contribution in [0.5, 0.6) is 0 Å². The summed E-state index contributed by atoms with van der Waals surface area (Å²) in [6, 6.07) is 1.74. The smallest absolute Gasteiger partial charge is 0.252 e. The summed E-state index contributed by atoms with van der Waals surface area (Å²) >= 11 is 7.13. The lowest BCUT2D eigenvalue weighted by Crippen LogP contribution is -2.37. The number of hydrogen-bond acceptors (Lipinski definition) is 4. The van der Waals surface area contributed by atoms with Crippen LogP contribution in [-0.4, -0.2) is 51.4 Å². The first kappa shape index (κ1) is 17.2. The van der Waals surface area contributed by atoms with Crippen LogP contribution in [0.15, 0.2) is 10.3 Å². The summed E-state index contributed by atoms with van der Waals surface area (Å²) in [6.45, 7) is 4.60. The predicted octanol–water partition coefficient (Wildman–Crippen LogP) is 2.76. The Morgan fingerprint density at radius 3 is 2.57 bits per heavy atom. The van der Waals surface area contributed by atoms with E-state index in [0.29, 0.717) is 22.6 Å². The van der Waals surface area contributed by atoms with Gasteiger partial charge >= 0.3 is 0 Å². The molecule has 0 amide bonds. The quantitative estimate of drug-likeness (QED) is 0.767. The summed E-state index contributed by atoms with van der Waals surface area (Å²) in [5, 5.41) is 0. The van der Waals surface area contributed by atoms with Crippen LogP contribution in [0.1, 0.15) is 23.3 Å². The average molecular weight is 351 g/mol. The highest BCUT2D eigenvalue weighted by Crippen LogP contribution is 2.30. The third-order valence-corrected chi connectivity index (χ3v) is 8.07. The summed E-state index contributed by atoms with van der Waals surface area (Å²) < 4.78 is 27.2. The van der Waals surface area contributed by atoms with E-state index in [4.69, 9.17) is 11.6 Å². The Hall–Kier alpha value is -0.140. The molecule has 0 unspecified atom stereocenters. The fraction of sp³-hybridized carbons (Fsp3) is 0.714. The fourth-order valence-corrected chi connectivity index (χ4v) is 5.88. The van der Waals surface area contributed by atoms with Crippen molar-refractivity contribution in [2.24, 2.45) is 5.92 Å². The molecule has 1 aromatic rings. The summed E-state index contributed by atoms with van der Waals surface area (Å²) in [5.74, 6) is 0.819. The lowest BCUT2D eigenvalue weighted by Gasteiger charge is -2.31. The van der Waals surface area contributed by atoms with E-state index in [9.17, 15) is 8.42 Å². The van der Waals surface area contributed by atoms with E-state index in [0.717, 1.165) is 36.4 Å². The van der Waals surface area contributed by atoms with Gasteiger partial charge in [-0.05, 0) is 57.5 Å². The van der Waals surface area contributed by atoms with Gasteiger partial charge in [0.15, 0.2) is 0 Å². The first-order chi connectivity index (χ1) is 9.84. The van der Waals surface area contributed by atoms with Crippen molar-refractivity contribution in [3.8, 4) is 0 Å². The van der Waals surface area contributed by atoms with E-state index in [-0.39, 0.29) is 0 Å². The molecule has 1 aliphatic heterocycles. The third kappa shape index (κ3) is 3.99. The van der Waals surface area contributed by atoms with Crippen molar-refractivity contribution in [2.75, 3.05) is 33.7 Å². The van der Waals surface area contributed by atoms with Gasteiger partial charge in [-0.25, -0.2) is 8.42 Å². The lowest BCUT2D eigenvalue weighted by atomic mass is 9.97. The second-order valence-corrected chi connectivity index (χ2v) is 9.51. The second-order valence-electron chi connectivity index (χ2n) is 5.84. The minimum absolute atomic E-state index is 0.366. The van der Waals surface area contributed by atoms with Crippen molar-refractivity contribution in [1.82, 2.24) is 9.21 Å². The molecule has 0 atom stereocenters. The SMILES string of the molecule is Cc1cc(S(=O)(=O)N(C)CC2CCN(C)CC2)sc1CCl. The van der Waals surface area contributed by atoms with Crippen LogP contribution in [0, 0.1) is 12.8 Å². The normalized spacial score (nSPS) is 18.5. The topological polar surface area (TPSA) is 40.6 Å². The van der Waals surface area contributed by atoms with Gasteiger partial charge in [0.05, 0.1) is 5.88 Å². The Kier molecular flexibility index (Phi) is 5.71. The number of likely N-dealkylation sites (tertiary alicyclic amines) is 1. The van der Waals surface area contributed by atoms with E-state index in [1.165, 1.54) is 15.6 Å². The van der Waals surface area contributed by atoms with Gasteiger partial charge < -0.3 is 4.90 Å². The van der Waals surface area contributed by atoms with Gasteiger partial charge in [0, 0.05) is 18.5 Å². The molecule has 0 saturated carbocycles. The Morgan fingerprint density at radius 1 is 1.43 bits per heavy atom. The van der Waals surface area contributed by atoms with Crippen LogP contribution in [0.25, 0.3) is 0 Å². The highest BCUT2D eigenvalue weighted by molar-refractivity contribution is 7.91. The molecule has 1 aliphatic rings. The molecule has 1 aromatic heterocycles. The van der Waals surface area contributed by atoms with Gasteiger partial charge in [0.2, 0.25) is 0 Å². The summed E-state index contributed by atoms with van der Waals surface area (Å²) in [5.41, 5.74) is 0.960. The van der Waals surface area contributed by atoms with Gasteiger partial charge in [-0.1, -0.05) is 0 Å². The molecule has 0 N–H and O–H groups in total. The molecule has 1 saturated heterocycles. The molecule has 0 radical (unpaired) electrons. The first-order valence-electron chi connectivity index (χ1n) is 7.14. The van der Waals surface area contributed by atoms with E-state index < -0.39 is 10.0 Å². The molecule has 0 aromatic carbocycles. The van der Waals surface area contributed by atoms with Gasteiger partial charge in [-0.15, -0.1) is 22.9 Å². The molecule has 2 heterocycles. The van der Waals surface area contributed by atoms with E-state index in [2.05, 4.69) is 11.9 Å². The number of alkyl halides is 1. The average Bonchev–Trinajstić information content (AvgIpc) is 2.83. The van der Waals surface area contributed by atoms with Crippen LogP contribution < -0.4 is 0 Å². The Balaban J connectivity index is 2.07. The number of nitrogens with zero attached hydrogens (tertiary/aromatic N) is 2. The first-order valence-corrected chi connectivity index (χ1v) is 9.94. The molecule has 0 bridgehead atoms. The highest BCUT2D eigenvalue weighted by atomic mass is 35.5. The summed E-state index contributed by atoms with van der Waals surface area (Å²) in [7, 11) is 0.409. The molecule has 0 spiro atoms. The van der Waals surface area contributed by atoms with Crippen molar-refractivity contribution in [1.29, 1.82) is 0 Å². The van der Waals surface area contributed by atoms with Crippen LogP contribution >= 0.6 is 22.9 Å². The summed E-state index contributed by atoms with van der Waals surface area (Å²) in [4.78, 5) is 3.23. The number of hydrogen-bond donors (Lipinski definition) is 0. The molecular formula is C14H23ClN2O2S2. The summed E-state index contributed by atoms with van der Waals surface area (Å²) in [6.07, 6.45) is 2.12. The minimum Gasteiger partial charge on any atom is -0.306 e. The third-order valence-electron chi connectivity index (χ3n) is 4.14. The van der Waals surface area contributed by atoms with E-state index in [1.54, 1.807) is 13.1 Å². The van der Waals surface area contributed by atoms with Crippen molar-refractivity contribution in [2.45, 2.75) is 29.9 Å². The molecule has 1 fully saturated rings.